The number of halogens is 1. The molecule has 2 aliphatic carbocycles. The van der Waals surface area contributed by atoms with Gasteiger partial charge >= 0.3 is 5.69 Å². The standard InChI is InChI=1S/C14H16ClNO3/c15-8-10-2-4-13(12(6-10)16(17)18)19-14-7-9-1-3-11(14)5-9/h2,4,6,9,11,14H,1,3,5,7-8H2. The normalized spacial score (nSPS) is 28.6. The van der Waals surface area contributed by atoms with Gasteiger partial charge in [-0.05, 0) is 49.1 Å². The third kappa shape index (κ3) is 2.41. The van der Waals surface area contributed by atoms with Crippen molar-refractivity contribution in [2.24, 2.45) is 11.8 Å². The molecule has 102 valence electrons. The zero-order valence-electron chi connectivity index (χ0n) is 10.5. The van der Waals surface area contributed by atoms with Gasteiger partial charge in [0.1, 0.15) is 6.10 Å². The molecular weight excluding hydrogens is 266 g/mol. The quantitative estimate of drug-likeness (QED) is 0.478. The Morgan fingerprint density at radius 2 is 2.21 bits per heavy atom. The number of benzene rings is 1. The summed E-state index contributed by atoms with van der Waals surface area (Å²) in [6.07, 6.45) is 4.90. The molecule has 3 atom stereocenters. The smallest absolute Gasteiger partial charge is 0.311 e. The Morgan fingerprint density at radius 3 is 2.79 bits per heavy atom. The van der Waals surface area contributed by atoms with Crippen LogP contribution in [0.1, 0.15) is 31.2 Å². The minimum absolute atomic E-state index is 0.0286. The van der Waals surface area contributed by atoms with Crippen LogP contribution in [0.2, 0.25) is 0 Å². The van der Waals surface area contributed by atoms with E-state index in [1.165, 1.54) is 25.3 Å². The van der Waals surface area contributed by atoms with E-state index in [4.69, 9.17) is 16.3 Å². The average Bonchev–Trinajstić information content (AvgIpc) is 3.01. The summed E-state index contributed by atoms with van der Waals surface area (Å²) >= 11 is 5.71. The molecule has 0 saturated heterocycles. The molecule has 0 aliphatic heterocycles. The van der Waals surface area contributed by atoms with Crippen molar-refractivity contribution in [2.75, 3.05) is 0 Å². The minimum Gasteiger partial charge on any atom is -0.483 e. The largest absolute Gasteiger partial charge is 0.483 e. The van der Waals surface area contributed by atoms with Crippen LogP contribution in [0.25, 0.3) is 0 Å². The van der Waals surface area contributed by atoms with Gasteiger partial charge in [0.05, 0.1) is 4.92 Å². The second kappa shape index (κ2) is 5.00. The Labute approximate surface area is 116 Å². The molecule has 3 rings (SSSR count). The monoisotopic (exact) mass is 281 g/mol. The zero-order chi connectivity index (χ0) is 13.4. The number of nitrogens with zero attached hydrogens (tertiary/aromatic N) is 1. The van der Waals surface area contributed by atoms with Gasteiger partial charge in [0, 0.05) is 11.9 Å². The number of rotatable bonds is 4. The van der Waals surface area contributed by atoms with Gasteiger partial charge in [-0.1, -0.05) is 6.07 Å². The molecule has 0 aromatic heterocycles. The predicted molar refractivity (Wildman–Crippen MR) is 72.5 cm³/mol. The van der Waals surface area contributed by atoms with Crippen LogP contribution in [0.3, 0.4) is 0 Å². The van der Waals surface area contributed by atoms with Crippen molar-refractivity contribution in [3.05, 3.63) is 33.9 Å². The first kappa shape index (κ1) is 12.7. The number of ether oxygens (including phenoxy) is 1. The fourth-order valence-electron chi connectivity index (χ4n) is 3.38. The first-order valence-corrected chi connectivity index (χ1v) is 7.20. The summed E-state index contributed by atoms with van der Waals surface area (Å²) in [6, 6.07) is 4.99. The van der Waals surface area contributed by atoms with E-state index in [0.717, 1.165) is 17.9 Å². The van der Waals surface area contributed by atoms with Crippen LogP contribution >= 0.6 is 11.6 Å². The molecule has 0 radical (unpaired) electrons. The summed E-state index contributed by atoms with van der Waals surface area (Å²) in [5.74, 6) is 2.00. The lowest BCUT2D eigenvalue weighted by atomic mass is 9.97. The maximum atomic E-state index is 11.1. The molecule has 4 nitrogen and oxygen atoms in total. The number of alkyl halides is 1. The summed E-state index contributed by atoms with van der Waals surface area (Å²) in [7, 11) is 0. The van der Waals surface area contributed by atoms with Crippen molar-refractivity contribution >= 4 is 17.3 Å². The molecule has 2 aliphatic rings. The Balaban J connectivity index is 1.82. The van der Waals surface area contributed by atoms with E-state index < -0.39 is 4.92 Å². The van der Waals surface area contributed by atoms with Crippen LogP contribution in [-0.2, 0) is 5.88 Å². The maximum Gasteiger partial charge on any atom is 0.311 e. The molecule has 5 heteroatoms. The molecule has 19 heavy (non-hydrogen) atoms. The van der Waals surface area contributed by atoms with Gasteiger partial charge in [-0.2, -0.15) is 0 Å². The third-order valence-corrected chi connectivity index (χ3v) is 4.63. The zero-order valence-corrected chi connectivity index (χ0v) is 11.3. The fourth-order valence-corrected chi connectivity index (χ4v) is 3.55. The average molecular weight is 282 g/mol. The Bertz CT molecular complexity index is 505. The Kier molecular flexibility index (Phi) is 3.35. The highest BCUT2D eigenvalue weighted by atomic mass is 35.5. The second-order valence-electron chi connectivity index (χ2n) is 5.52. The number of hydrogen-bond donors (Lipinski definition) is 0. The maximum absolute atomic E-state index is 11.1. The summed E-state index contributed by atoms with van der Waals surface area (Å²) in [5, 5.41) is 11.1. The number of fused-ring (bicyclic) bond motifs is 2. The number of nitro benzene ring substituents is 1. The summed E-state index contributed by atoms with van der Waals surface area (Å²) in [5.41, 5.74) is 0.773. The molecule has 0 amide bonds. The van der Waals surface area contributed by atoms with Crippen LogP contribution in [0.15, 0.2) is 18.2 Å². The molecular formula is C14H16ClNO3. The predicted octanol–water partition coefficient (Wildman–Crippen LogP) is 3.90. The fraction of sp³-hybridized carbons (Fsp3) is 0.571. The van der Waals surface area contributed by atoms with Gasteiger partial charge in [0.2, 0.25) is 0 Å². The molecule has 0 spiro atoms. The SMILES string of the molecule is O=[N+]([O-])c1cc(CCl)ccc1OC1CC2CCC1C2. The second-order valence-corrected chi connectivity index (χ2v) is 5.79. The molecule has 0 heterocycles. The van der Waals surface area contributed by atoms with Crippen molar-refractivity contribution in [1.29, 1.82) is 0 Å². The van der Waals surface area contributed by atoms with Crippen LogP contribution in [-0.4, -0.2) is 11.0 Å². The molecule has 1 aromatic carbocycles. The van der Waals surface area contributed by atoms with Gasteiger partial charge < -0.3 is 4.74 Å². The van der Waals surface area contributed by atoms with Gasteiger partial charge in [-0.25, -0.2) is 0 Å². The van der Waals surface area contributed by atoms with E-state index >= 15 is 0 Å². The van der Waals surface area contributed by atoms with E-state index in [1.54, 1.807) is 12.1 Å². The topological polar surface area (TPSA) is 52.4 Å². The van der Waals surface area contributed by atoms with E-state index in [-0.39, 0.29) is 17.7 Å². The van der Waals surface area contributed by atoms with Crippen molar-refractivity contribution in [2.45, 2.75) is 37.7 Å². The third-order valence-electron chi connectivity index (χ3n) is 4.33. The van der Waals surface area contributed by atoms with Gasteiger partial charge in [-0.3, -0.25) is 10.1 Å². The van der Waals surface area contributed by atoms with Crippen LogP contribution < -0.4 is 4.74 Å². The number of nitro groups is 1. The molecule has 1 aromatic rings. The molecule has 2 saturated carbocycles. The van der Waals surface area contributed by atoms with Crippen molar-refractivity contribution in [3.63, 3.8) is 0 Å². The van der Waals surface area contributed by atoms with Crippen molar-refractivity contribution < 1.29 is 9.66 Å². The van der Waals surface area contributed by atoms with Gasteiger partial charge in [-0.15, -0.1) is 11.6 Å². The van der Waals surface area contributed by atoms with Gasteiger partial charge in [0.15, 0.2) is 5.75 Å². The van der Waals surface area contributed by atoms with E-state index in [0.29, 0.717) is 11.7 Å². The van der Waals surface area contributed by atoms with Gasteiger partial charge in [0.25, 0.3) is 0 Å². The highest BCUT2D eigenvalue weighted by molar-refractivity contribution is 6.17. The highest BCUT2D eigenvalue weighted by Crippen LogP contribution is 2.46. The van der Waals surface area contributed by atoms with E-state index in [2.05, 4.69) is 0 Å². The summed E-state index contributed by atoms with van der Waals surface area (Å²) in [6.45, 7) is 0. The summed E-state index contributed by atoms with van der Waals surface area (Å²) < 4.78 is 5.92. The first-order valence-electron chi connectivity index (χ1n) is 6.67. The van der Waals surface area contributed by atoms with Crippen molar-refractivity contribution in [3.8, 4) is 5.75 Å². The van der Waals surface area contributed by atoms with Crippen LogP contribution in [0.5, 0.6) is 5.75 Å². The Morgan fingerprint density at radius 1 is 1.37 bits per heavy atom. The molecule has 2 fully saturated rings. The lowest BCUT2D eigenvalue weighted by molar-refractivity contribution is -0.386. The summed E-state index contributed by atoms with van der Waals surface area (Å²) in [4.78, 5) is 10.7. The lowest BCUT2D eigenvalue weighted by Gasteiger charge is -2.23. The minimum atomic E-state index is -0.390. The highest BCUT2D eigenvalue weighted by Gasteiger charge is 2.41. The lowest BCUT2D eigenvalue weighted by Crippen LogP contribution is -2.23. The van der Waals surface area contributed by atoms with Crippen LogP contribution in [0, 0.1) is 22.0 Å². The molecule has 3 unspecified atom stereocenters. The Hall–Kier alpha value is -1.29. The van der Waals surface area contributed by atoms with E-state index in [9.17, 15) is 10.1 Å². The first-order chi connectivity index (χ1) is 9.17. The number of hydrogen-bond acceptors (Lipinski definition) is 3. The molecule has 2 bridgehead atoms. The molecule has 0 N–H and O–H groups in total. The van der Waals surface area contributed by atoms with Crippen LogP contribution in [0.4, 0.5) is 5.69 Å². The van der Waals surface area contributed by atoms with Crippen molar-refractivity contribution in [1.82, 2.24) is 0 Å². The van der Waals surface area contributed by atoms with E-state index in [1.807, 2.05) is 0 Å².